The number of amides is 1. The van der Waals surface area contributed by atoms with Crippen molar-refractivity contribution < 1.29 is 118 Å². The van der Waals surface area contributed by atoms with Gasteiger partial charge in [0, 0.05) is 75.0 Å². The number of esters is 9. The smallest absolute Gasteiger partial charge is 0.303 e. The van der Waals surface area contributed by atoms with Crippen molar-refractivity contribution in [1.82, 2.24) is 5.32 Å². The largest absolute Gasteiger partial charge is 0.463 e. The van der Waals surface area contributed by atoms with Crippen molar-refractivity contribution in [1.29, 1.82) is 0 Å². The summed E-state index contributed by atoms with van der Waals surface area (Å²) in [5.41, 5.74) is 0. The summed E-state index contributed by atoms with van der Waals surface area (Å²) < 4.78 is 86.6. The molecule has 0 bridgehead atoms. The molecule has 0 saturated carbocycles. The van der Waals surface area contributed by atoms with Gasteiger partial charge in [0.1, 0.15) is 50.3 Å². The number of hydrogen-bond acceptors (Lipinski definition) is 26. The highest BCUT2D eigenvalue weighted by Gasteiger charge is 2.59. The number of ether oxygens (including phenoxy) is 14. The second-order valence-electron chi connectivity index (χ2n) is 14.9. The van der Waals surface area contributed by atoms with Gasteiger partial charge in [-0.2, -0.15) is 0 Å². The summed E-state index contributed by atoms with van der Waals surface area (Å²) in [6.45, 7) is 10.2. The first-order chi connectivity index (χ1) is 31.4. The molecule has 378 valence electrons. The minimum Gasteiger partial charge on any atom is -0.463 e. The van der Waals surface area contributed by atoms with Gasteiger partial charge < -0.3 is 71.6 Å². The summed E-state index contributed by atoms with van der Waals surface area (Å²) in [5, 5.41) is 2.57. The van der Waals surface area contributed by atoms with E-state index in [0.29, 0.717) is 5.75 Å². The van der Waals surface area contributed by atoms with Crippen molar-refractivity contribution in [2.75, 3.05) is 25.6 Å². The van der Waals surface area contributed by atoms with E-state index < -0.39 is 172 Å². The average Bonchev–Trinajstić information content (AvgIpc) is 3.19. The van der Waals surface area contributed by atoms with Crippen LogP contribution in [0, 0.1) is 0 Å². The molecule has 0 aromatic rings. The number of carbonyl (C=O) groups is 10. The van der Waals surface area contributed by atoms with Crippen LogP contribution in [0.4, 0.5) is 0 Å². The Morgan fingerprint density at radius 2 is 0.746 bits per heavy atom. The zero-order valence-electron chi connectivity index (χ0n) is 38.6. The van der Waals surface area contributed by atoms with Gasteiger partial charge in [-0.05, 0) is 12.0 Å². The van der Waals surface area contributed by atoms with Crippen LogP contribution in [0.15, 0.2) is 0 Å². The van der Waals surface area contributed by atoms with Crippen LogP contribution >= 0.6 is 12.0 Å². The van der Waals surface area contributed by atoms with Gasteiger partial charge in [-0.1, -0.05) is 6.92 Å². The number of carbonyl (C=O) groups excluding carboxylic acids is 10. The first kappa shape index (κ1) is 56.1. The van der Waals surface area contributed by atoms with Crippen molar-refractivity contribution in [3.05, 3.63) is 0 Å². The molecular weight excluding hydrogens is 926 g/mol. The topological polar surface area (TPSA) is 321 Å². The second-order valence-corrected chi connectivity index (χ2v) is 15.9. The van der Waals surface area contributed by atoms with Crippen molar-refractivity contribution in [3.8, 4) is 0 Å². The molecule has 26 nitrogen and oxygen atoms in total. The van der Waals surface area contributed by atoms with E-state index in [9.17, 15) is 47.9 Å². The van der Waals surface area contributed by atoms with E-state index in [-0.39, 0.29) is 0 Å². The molecule has 3 saturated heterocycles. The average molecular weight is 984 g/mol. The van der Waals surface area contributed by atoms with Crippen LogP contribution in [0.25, 0.3) is 0 Å². The molecule has 3 rings (SSSR count). The summed E-state index contributed by atoms with van der Waals surface area (Å²) in [5.74, 6) is -8.54. The third kappa shape index (κ3) is 17.4. The van der Waals surface area contributed by atoms with Crippen LogP contribution in [-0.2, 0) is 118 Å². The molecule has 1 N–H and O–H groups in total. The molecule has 3 aliphatic heterocycles. The highest BCUT2D eigenvalue weighted by Crippen LogP contribution is 2.38. The van der Waals surface area contributed by atoms with Crippen molar-refractivity contribution in [3.63, 3.8) is 0 Å². The van der Waals surface area contributed by atoms with Gasteiger partial charge in [0.2, 0.25) is 12.2 Å². The zero-order chi connectivity index (χ0) is 50.3. The second kappa shape index (κ2) is 26.4. The molecule has 3 heterocycles. The van der Waals surface area contributed by atoms with Crippen LogP contribution in [0.3, 0.4) is 0 Å². The van der Waals surface area contributed by atoms with Gasteiger partial charge in [0.05, 0.1) is 0 Å². The third-order valence-electron chi connectivity index (χ3n) is 9.23. The molecule has 1 amide bonds. The first-order valence-corrected chi connectivity index (χ1v) is 21.6. The molecular formula is C40H57NO25S. The van der Waals surface area contributed by atoms with Crippen molar-refractivity contribution >= 4 is 71.7 Å². The summed E-state index contributed by atoms with van der Waals surface area (Å²) >= 11 is 0.857. The maximum atomic E-state index is 13.0. The van der Waals surface area contributed by atoms with Gasteiger partial charge in [-0.3, -0.25) is 52.1 Å². The number of rotatable bonds is 20. The molecule has 15 unspecified atom stereocenters. The molecule has 3 fully saturated rings. The Hall–Kier alpha value is -5.19. The van der Waals surface area contributed by atoms with Crippen LogP contribution in [-0.4, -0.2) is 177 Å². The number of nitrogens with one attached hydrogen (secondary N) is 1. The van der Waals surface area contributed by atoms with E-state index in [1.165, 1.54) is 0 Å². The number of hydrogen-bond donors (Lipinski definition) is 1. The maximum absolute atomic E-state index is 13.0. The van der Waals surface area contributed by atoms with Crippen LogP contribution < -0.4 is 5.32 Å². The normalized spacial score (nSPS) is 31.4. The Morgan fingerprint density at radius 1 is 0.403 bits per heavy atom. The molecule has 3 aliphatic rings. The third-order valence-corrected chi connectivity index (χ3v) is 9.79. The maximum Gasteiger partial charge on any atom is 0.303 e. The van der Waals surface area contributed by atoms with Crippen LogP contribution in [0.2, 0.25) is 0 Å². The van der Waals surface area contributed by atoms with E-state index in [4.69, 9.17) is 70.5 Å². The van der Waals surface area contributed by atoms with Crippen LogP contribution in [0.5, 0.6) is 0 Å². The van der Waals surface area contributed by atoms with Crippen LogP contribution in [0.1, 0.15) is 76.2 Å². The minimum absolute atomic E-state index is 0.318. The molecule has 67 heavy (non-hydrogen) atoms. The predicted octanol–water partition coefficient (Wildman–Crippen LogP) is -0.600. The zero-order valence-corrected chi connectivity index (χ0v) is 39.4. The Labute approximate surface area is 388 Å². The van der Waals surface area contributed by atoms with E-state index in [1.807, 2.05) is 0 Å². The van der Waals surface area contributed by atoms with E-state index in [0.717, 1.165) is 81.3 Å². The van der Waals surface area contributed by atoms with E-state index in [2.05, 4.69) is 5.32 Å². The Kier molecular flexibility index (Phi) is 22.1. The highest BCUT2D eigenvalue weighted by atomic mass is 32.2. The predicted molar refractivity (Wildman–Crippen MR) is 216 cm³/mol. The Morgan fingerprint density at radius 3 is 1.15 bits per heavy atom. The Balaban J connectivity index is 2.29. The lowest BCUT2D eigenvalue weighted by Gasteiger charge is -2.50. The summed E-state index contributed by atoms with van der Waals surface area (Å²) in [7, 11) is 0. The minimum atomic E-state index is -1.94. The summed E-state index contributed by atoms with van der Waals surface area (Å²) in [6, 6.07) is -1.67. The molecule has 0 aromatic heterocycles. The van der Waals surface area contributed by atoms with Crippen molar-refractivity contribution in [2.24, 2.45) is 0 Å². The summed E-state index contributed by atoms with van der Waals surface area (Å²) in [6.07, 6.45) is -23.5. The van der Waals surface area contributed by atoms with E-state index >= 15 is 0 Å². The molecule has 0 aliphatic carbocycles. The molecule has 0 radical (unpaired) electrons. The van der Waals surface area contributed by atoms with Gasteiger partial charge in [-0.15, -0.1) is 0 Å². The fourth-order valence-corrected chi connectivity index (χ4v) is 7.50. The lowest BCUT2D eigenvalue weighted by molar-refractivity contribution is -0.367. The van der Waals surface area contributed by atoms with Gasteiger partial charge in [0.15, 0.2) is 55.3 Å². The summed E-state index contributed by atoms with van der Waals surface area (Å²) in [4.78, 5) is 125. The standard InChI is InChI=1S/C40H57NO25S/c1-12-67-66-40-37(35(59-24(10)50)32(56-21(7)47)28(63-40)15-54-19(5)45)65-38-29(41-16(2)42)33(57-22(8)48)30(26(61-38)13-52-17(3)43)64-39-36(60-25(11)51)34(58-23(9)49)31(55-20(6)46)27(62-39)14-53-18(4)44/h26-40H,12-15H2,1-11H3,(H,41,42). The molecule has 0 aromatic carbocycles. The highest BCUT2D eigenvalue weighted by molar-refractivity contribution is 7.94. The van der Waals surface area contributed by atoms with Gasteiger partial charge in [0.25, 0.3) is 0 Å². The van der Waals surface area contributed by atoms with Gasteiger partial charge in [-0.25, -0.2) is 0 Å². The lowest BCUT2D eigenvalue weighted by Crippen LogP contribution is -2.70. The fraction of sp³-hybridized carbons (Fsp3) is 0.750. The van der Waals surface area contributed by atoms with Crippen molar-refractivity contribution in [2.45, 2.75) is 168 Å². The monoisotopic (exact) mass is 983 g/mol. The molecule has 0 spiro atoms. The first-order valence-electron chi connectivity index (χ1n) is 20.7. The lowest BCUT2D eigenvalue weighted by atomic mass is 9.94. The Bertz CT molecular complexity index is 1800. The van der Waals surface area contributed by atoms with Gasteiger partial charge >= 0.3 is 53.7 Å². The van der Waals surface area contributed by atoms with E-state index in [1.54, 1.807) is 6.92 Å². The molecule has 15 atom stereocenters. The SMILES string of the molecule is CCSOC1OC(COC(C)=O)C(OC(C)=O)C(OC(C)=O)C1OC1OC(COC(C)=O)C(OC2OC(COC(C)=O)C(OC(C)=O)C(OC(C)=O)C2OC(C)=O)C(OC(C)=O)C1NC(C)=O. The quantitative estimate of drug-likeness (QED) is 0.0904. The molecule has 27 heteroatoms. The fourth-order valence-electron chi connectivity index (χ4n) is 7.07.